The third-order valence-electron chi connectivity index (χ3n) is 5.74. The predicted octanol–water partition coefficient (Wildman–Crippen LogP) is 4.75. The lowest BCUT2D eigenvalue weighted by Gasteiger charge is -2.26. The molecule has 8 heteroatoms. The van der Waals surface area contributed by atoms with Gasteiger partial charge in [-0.05, 0) is 24.3 Å². The number of benzene rings is 2. The Hall–Kier alpha value is -2.64. The van der Waals surface area contributed by atoms with E-state index < -0.39 is 0 Å². The van der Waals surface area contributed by atoms with Crippen molar-refractivity contribution in [3.8, 4) is 11.3 Å². The lowest BCUT2D eigenvalue weighted by atomic mass is 10.1. The lowest BCUT2D eigenvalue weighted by molar-refractivity contribution is 0.0383. The van der Waals surface area contributed by atoms with Crippen molar-refractivity contribution in [1.82, 2.24) is 20.2 Å². The van der Waals surface area contributed by atoms with Crippen LogP contribution in [0.3, 0.4) is 0 Å². The van der Waals surface area contributed by atoms with E-state index in [2.05, 4.69) is 15.2 Å². The van der Waals surface area contributed by atoms with Crippen LogP contribution in [0, 0.1) is 0 Å². The van der Waals surface area contributed by atoms with Gasteiger partial charge in [0.05, 0.1) is 34.5 Å². The predicted molar refractivity (Wildman–Crippen MR) is 129 cm³/mol. The molecule has 0 bridgehead atoms. The minimum absolute atomic E-state index is 0.202. The number of aromatic nitrogens is 2. The van der Waals surface area contributed by atoms with Gasteiger partial charge in [0.2, 0.25) is 0 Å². The molecule has 1 saturated heterocycles. The number of aromatic amines is 1. The van der Waals surface area contributed by atoms with E-state index in [0.29, 0.717) is 28.0 Å². The maximum absolute atomic E-state index is 13.0. The molecule has 3 heterocycles. The Morgan fingerprint density at radius 2 is 1.88 bits per heavy atom. The summed E-state index contributed by atoms with van der Waals surface area (Å²) >= 11 is 12.4. The average Bonchev–Trinajstić information content (AvgIpc) is 3.19. The molecule has 0 spiro atoms. The third-order valence-corrected chi connectivity index (χ3v) is 6.48. The fraction of sp³-hybridized carbons (Fsp3) is 0.250. The minimum atomic E-state index is -0.202. The molecule has 0 unspecified atom stereocenters. The molecule has 4 aromatic rings. The number of rotatable bonds is 5. The van der Waals surface area contributed by atoms with Crippen LogP contribution in [-0.4, -0.2) is 60.2 Å². The van der Waals surface area contributed by atoms with Gasteiger partial charge in [0.1, 0.15) is 5.69 Å². The first-order valence-corrected chi connectivity index (χ1v) is 11.3. The third kappa shape index (κ3) is 4.19. The van der Waals surface area contributed by atoms with Crippen molar-refractivity contribution in [1.29, 1.82) is 0 Å². The quantitative estimate of drug-likeness (QED) is 0.443. The first-order chi connectivity index (χ1) is 15.6. The van der Waals surface area contributed by atoms with Gasteiger partial charge in [-0.2, -0.15) is 0 Å². The van der Waals surface area contributed by atoms with Crippen molar-refractivity contribution in [3.05, 3.63) is 64.3 Å². The molecule has 1 fully saturated rings. The molecule has 0 aliphatic carbocycles. The van der Waals surface area contributed by atoms with Gasteiger partial charge in [-0.3, -0.25) is 9.69 Å². The number of nitrogens with one attached hydrogen (secondary N) is 2. The zero-order valence-corrected chi connectivity index (χ0v) is 18.8. The van der Waals surface area contributed by atoms with Crippen molar-refractivity contribution >= 4 is 50.9 Å². The standard InChI is InChI=1S/C24H22Cl2N4O2/c25-18-6-5-15(13-19(18)26)22-23-17(16-3-1-2-4-20(16)28-23)14-21(29-22)24(31)27-7-8-30-9-11-32-12-10-30/h1-6,13-14,28H,7-12H2,(H,27,31). The van der Waals surface area contributed by atoms with Crippen molar-refractivity contribution in [3.63, 3.8) is 0 Å². The molecule has 0 atom stereocenters. The largest absolute Gasteiger partial charge is 0.379 e. The first kappa shape index (κ1) is 21.2. The summed E-state index contributed by atoms with van der Waals surface area (Å²) in [6.07, 6.45) is 0. The van der Waals surface area contributed by atoms with E-state index in [-0.39, 0.29) is 5.91 Å². The van der Waals surface area contributed by atoms with Crippen molar-refractivity contribution in [2.24, 2.45) is 0 Å². The fourth-order valence-electron chi connectivity index (χ4n) is 4.06. The van der Waals surface area contributed by atoms with Gasteiger partial charge >= 0.3 is 0 Å². The second-order valence-corrected chi connectivity index (χ2v) is 8.60. The van der Waals surface area contributed by atoms with Gasteiger partial charge in [-0.25, -0.2) is 4.98 Å². The number of amides is 1. The molecule has 164 valence electrons. The summed E-state index contributed by atoms with van der Waals surface area (Å²) in [7, 11) is 0. The monoisotopic (exact) mass is 468 g/mol. The molecule has 2 aromatic carbocycles. The smallest absolute Gasteiger partial charge is 0.269 e. The van der Waals surface area contributed by atoms with E-state index in [9.17, 15) is 4.79 Å². The van der Waals surface area contributed by atoms with Gasteiger partial charge in [0.15, 0.2) is 0 Å². The summed E-state index contributed by atoms with van der Waals surface area (Å²) in [5, 5.41) is 5.90. The van der Waals surface area contributed by atoms with E-state index in [1.807, 2.05) is 36.4 Å². The van der Waals surface area contributed by atoms with E-state index in [1.165, 1.54) is 0 Å². The summed E-state index contributed by atoms with van der Waals surface area (Å²) in [5.41, 5.74) is 3.66. The number of H-pyrrole nitrogens is 1. The molecular weight excluding hydrogens is 447 g/mol. The molecule has 2 aromatic heterocycles. The number of pyridine rings is 1. The van der Waals surface area contributed by atoms with Crippen molar-refractivity contribution < 1.29 is 9.53 Å². The Labute approximate surface area is 195 Å². The van der Waals surface area contributed by atoms with Gasteiger partial charge in [0.25, 0.3) is 5.91 Å². The van der Waals surface area contributed by atoms with Crippen LogP contribution >= 0.6 is 23.2 Å². The average molecular weight is 469 g/mol. The Kier molecular flexibility index (Phi) is 6.02. The molecule has 0 radical (unpaired) electrons. The zero-order valence-electron chi connectivity index (χ0n) is 17.3. The van der Waals surface area contributed by atoms with Gasteiger partial charge in [-0.15, -0.1) is 0 Å². The number of halogens is 2. The van der Waals surface area contributed by atoms with Crippen LogP contribution < -0.4 is 5.32 Å². The molecule has 6 nitrogen and oxygen atoms in total. The van der Waals surface area contributed by atoms with Crippen molar-refractivity contribution in [2.45, 2.75) is 0 Å². The molecule has 32 heavy (non-hydrogen) atoms. The van der Waals surface area contributed by atoms with Crippen LogP contribution in [0.4, 0.5) is 0 Å². The highest BCUT2D eigenvalue weighted by Crippen LogP contribution is 2.35. The molecule has 1 aliphatic rings. The molecule has 0 saturated carbocycles. The molecular formula is C24H22Cl2N4O2. The SMILES string of the molecule is O=C(NCCN1CCOCC1)c1cc2c([nH]c3ccccc32)c(-c2ccc(Cl)c(Cl)c2)n1. The fourth-order valence-corrected chi connectivity index (χ4v) is 4.36. The molecule has 1 aliphatic heterocycles. The van der Waals surface area contributed by atoms with Crippen molar-refractivity contribution in [2.75, 3.05) is 39.4 Å². The molecule has 2 N–H and O–H groups in total. The maximum atomic E-state index is 13.0. The Bertz CT molecular complexity index is 1300. The number of nitrogens with zero attached hydrogens (tertiary/aromatic N) is 2. The number of morpholine rings is 1. The molecule has 1 amide bonds. The Balaban J connectivity index is 1.51. The zero-order chi connectivity index (χ0) is 22.1. The van der Waals surface area contributed by atoms with Crippen LogP contribution in [0.2, 0.25) is 10.0 Å². The lowest BCUT2D eigenvalue weighted by Crippen LogP contribution is -2.41. The van der Waals surface area contributed by atoms with Crippen LogP contribution in [0.25, 0.3) is 33.1 Å². The number of ether oxygens (including phenoxy) is 1. The summed E-state index contributed by atoms with van der Waals surface area (Å²) in [6.45, 7) is 4.58. The van der Waals surface area contributed by atoms with E-state index in [0.717, 1.165) is 60.2 Å². The van der Waals surface area contributed by atoms with Gasteiger partial charge in [0, 0.05) is 48.0 Å². The highest BCUT2D eigenvalue weighted by Gasteiger charge is 2.18. The van der Waals surface area contributed by atoms with E-state index in [4.69, 9.17) is 32.9 Å². The number of fused-ring (bicyclic) bond motifs is 3. The number of para-hydroxylation sites is 1. The topological polar surface area (TPSA) is 70.2 Å². The van der Waals surface area contributed by atoms with Crippen LogP contribution in [0.15, 0.2) is 48.5 Å². The summed E-state index contributed by atoms with van der Waals surface area (Å²) in [5.74, 6) is -0.202. The second-order valence-electron chi connectivity index (χ2n) is 7.79. The van der Waals surface area contributed by atoms with E-state index in [1.54, 1.807) is 12.1 Å². The number of hydrogen-bond acceptors (Lipinski definition) is 4. The highest BCUT2D eigenvalue weighted by molar-refractivity contribution is 6.42. The number of hydrogen-bond donors (Lipinski definition) is 2. The minimum Gasteiger partial charge on any atom is -0.379 e. The number of carbonyl (C=O) groups is 1. The summed E-state index contributed by atoms with van der Waals surface area (Å²) < 4.78 is 5.38. The normalized spacial score (nSPS) is 14.8. The molecule has 5 rings (SSSR count). The first-order valence-electron chi connectivity index (χ1n) is 10.6. The van der Waals surface area contributed by atoms with Crippen LogP contribution in [0.1, 0.15) is 10.5 Å². The summed E-state index contributed by atoms with van der Waals surface area (Å²) in [6, 6.07) is 15.2. The van der Waals surface area contributed by atoms with Crippen LogP contribution in [0.5, 0.6) is 0 Å². The van der Waals surface area contributed by atoms with Gasteiger partial charge in [-0.1, -0.05) is 47.5 Å². The Morgan fingerprint density at radius 1 is 1.06 bits per heavy atom. The van der Waals surface area contributed by atoms with E-state index >= 15 is 0 Å². The second kappa shape index (κ2) is 9.08. The Morgan fingerprint density at radius 3 is 2.69 bits per heavy atom. The van der Waals surface area contributed by atoms with Crippen LogP contribution in [-0.2, 0) is 4.74 Å². The number of carbonyl (C=O) groups excluding carboxylic acids is 1. The van der Waals surface area contributed by atoms with Gasteiger partial charge < -0.3 is 15.0 Å². The maximum Gasteiger partial charge on any atom is 0.269 e. The highest BCUT2D eigenvalue weighted by atomic mass is 35.5. The summed E-state index contributed by atoms with van der Waals surface area (Å²) in [4.78, 5) is 23.5.